The van der Waals surface area contributed by atoms with E-state index in [4.69, 9.17) is 0 Å². The Labute approximate surface area is 135 Å². The molecule has 0 aromatic heterocycles. The van der Waals surface area contributed by atoms with Gasteiger partial charge in [0.15, 0.2) is 0 Å². The summed E-state index contributed by atoms with van der Waals surface area (Å²) in [4.78, 5) is 26.9. The minimum Gasteiger partial charge on any atom is -0.356 e. The van der Waals surface area contributed by atoms with Crippen LogP contribution in [-0.2, 0) is 9.59 Å². The number of amides is 2. The van der Waals surface area contributed by atoms with Crippen LogP contribution < -0.4 is 5.32 Å². The number of carbonyl (C=O) groups excluding carboxylic acids is 2. The summed E-state index contributed by atoms with van der Waals surface area (Å²) >= 11 is 1.62. The molecule has 118 valence electrons. The predicted molar refractivity (Wildman–Crippen MR) is 87.8 cm³/mol. The minimum absolute atomic E-state index is 0.108. The van der Waals surface area contributed by atoms with E-state index < -0.39 is 0 Å². The largest absolute Gasteiger partial charge is 0.356 e. The summed E-state index contributed by atoms with van der Waals surface area (Å²) in [5.74, 6) is 0.866. The van der Waals surface area contributed by atoms with Gasteiger partial charge in [0.25, 0.3) is 0 Å². The summed E-state index contributed by atoms with van der Waals surface area (Å²) in [6, 6.07) is 8.16. The summed E-state index contributed by atoms with van der Waals surface area (Å²) in [5, 5.41) is 2.93. The van der Waals surface area contributed by atoms with Crippen molar-refractivity contribution in [1.82, 2.24) is 10.2 Å². The lowest BCUT2D eigenvalue weighted by atomic mass is 9.78. The summed E-state index contributed by atoms with van der Waals surface area (Å²) in [7, 11) is 0. The van der Waals surface area contributed by atoms with E-state index in [0.717, 1.165) is 32.5 Å². The molecule has 2 amide bonds. The monoisotopic (exact) mass is 318 g/mol. The molecule has 22 heavy (non-hydrogen) atoms. The van der Waals surface area contributed by atoms with Crippen LogP contribution in [0.25, 0.3) is 0 Å². The van der Waals surface area contributed by atoms with Gasteiger partial charge < -0.3 is 10.2 Å². The highest BCUT2D eigenvalue weighted by Crippen LogP contribution is 2.37. The average Bonchev–Trinajstić information content (AvgIpc) is 2.87. The van der Waals surface area contributed by atoms with Crippen LogP contribution in [0.15, 0.2) is 29.2 Å². The number of hydrogen-bond donors (Lipinski definition) is 1. The summed E-state index contributed by atoms with van der Waals surface area (Å²) in [5.41, 5.74) is 1.32. The van der Waals surface area contributed by atoms with E-state index in [1.54, 1.807) is 11.8 Å². The van der Waals surface area contributed by atoms with E-state index in [1.807, 2.05) is 17.0 Å². The highest BCUT2D eigenvalue weighted by molar-refractivity contribution is 8.00. The highest BCUT2D eigenvalue weighted by atomic mass is 32.2. The van der Waals surface area contributed by atoms with Gasteiger partial charge in [-0.3, -0.25) is 9.59 Å². The van der Waals surface area contributed by atoms with Crippen molar-refractivity contribution in [2.45, 2.75) is 31.1 Å². The Kier molecular flexibility index (Phi) is 4.43. The van der Waals surface area contributed by atoms with E-state index in [-0.39, 0.29) is 17.2 Å². The van der Waals surface area contributed by atoms with Gasteiger partial charge in [-0.1, -0.05) is 18.2 Å². The number of piperidine rings is 1. The fraction of sp³-hybridized carbons (Fsp3) is 0.529. The van der Waals surface area contributed by atoms with E-state index in [2.05, 4.69) is 24.4 Å². The molecule has 0 aliphatic carbocycles. The molecule has 0 unspecified atom stereocenters. The molecule has 2 heterocycles. The molecule has 1 spiro atoms. The van der Waals surface area contributed by atoms with Crippen LogP contribution in [0, 0.1) is 12.3 Å². The average molecular weight is 318 g/mol. The molecule has 1 aromatic carbocycles. The Bertz CT molecular complexity index is 580. The summed E-state index contributed by atoms with van der Waals surface area (Å²) < 4.78 is 0. The van der Waals surface area contributed by atoms with Crippen LogP contribution in [0.3, 0.4) is 0 Å². The zero-order valence-corrected chi connectivity index (χ0v) is 13.7. The van der Waals surface area contributed by atoms with Crippen LogP contribution in [0.2, 0.25) is 0 Å². The second-order valence-electron chi connectivity index (χ2n) is 6.39. The van der Waals surface area contributed by atoms with Gasteiger partial charge >= 0.3 is 0 Å². The first-order valence-electron chi connectivity index (χ1n) is 7.81. The molecule has 2 aliphatic rings. The van der Waals surface area contributed by atoms with Crippen LogP contribution in [0.4, 0.5) is 0 Å². The number of hydrogen-bond acceptors (Lipinski definition) is 3. The molecule has 2 saturated heterocycles. The fourth-order valence-electron chi connectivity index (χ4n) is 3.28. The number of nitrogens with zero attached hydrogens (tertiary/aromatic N) is 1. The third-order valence-corrected chi connectivity index (χ3v) is 5.98. The minimum atomic E-state index is 0.108. The van der Waals surface area contributed by atoms with Gasteiger partial charge in [0.05, 0.1) is 5.75 Å². The second kappa shape index (κ2) is 6.32. The Hall–Kier alpha value is -1.49. The smallest absolute Gasteiger partial charge is 0.232 e. The number of aryl methyl sites for hydroxylation is 1. The van der Waals surface area contributed by atoms with Gasteiger partial charge in [0, 0.05) is 31.0 Å². The second-order valence-corrected chi connectivity index (χ2v) is 7.41. The lowest BCUT2D eigenvalue weighted by molar-refractivity contribution is -0.130. The molecule has 1 aromatic rings. The van der Waals surface area contributed by atoms with Crippen molar-refractivity contribution in [1.29, 1.82) is 0 Å². The first-order valence-corrected chi connectivity index (χ1v) is 8.79. The van der Waals surface area contributed by atoms with Crippen molar-refractivity contribution in [2.24, 2.45) is 5.41 Å². The normalized spacial score (nSPS) is 20.2. The van der Waals surface area contributed by atoms with E-state index >= 15 is 0 Å². The lowest BCUT2D eigenvalue weighted by Crippen LogP contribution is -2.44. The number of benzene rings is 1. The molecule has 2 fully saturated rings. The van der Waals surface area contributed by atoms with Crippen molar-refractivity contribution < 1.29 is 9.59 Å². The van der Waals surface area contributed by atoms with Crippen molar-refractivity contribution in [3.05, 3.63) is 29.8 Å². The Balaban J connectivity index is 1.50. The van der Waals surface area contributed by atoms with Gasteiger partial charge in [0.2, 0.25) is 11.8 Å². The van der Waals surface area contributed by atoms with Gasteiger partial charge in [-0.25, -0.2) is 0 Å². The van der Waals surface area contributed by atoms with Crippen LogP contribution in [0.1, 0.15) is 24.8 Å². The zero-order chi connectivity index (χ0) is 15.6. The number of carbonyl (C=O) groups is 2. The molecular formula is C17H22N2O2S. The molecule has 0 saturated carbocycles. The maximum Gasteiger partial charge on any atom is 0.232 e. The lowest BCUT2D eigenvalue weighted by Gasteiger charge is -2.38. The van der Waals surface area contributed by atoms with E-state index in [0.29, 0.717) is 12.2 Å². The molecule has 2 aliphatic heterocycles. The van der Waals surface area contributed by atoms with Crippen molar-refractivity contribution in [2.75, 3.05) is 25.4 Å². The molecule has 5 heteroatoms. The van der Waals surface area contributed by atoms with Gasteiger partial charge in [-0.2, -0.15) is 0 Å². The maximum atomic E-state index is 12.4. The van der Waals surface area contributed by atoms with Crippen LogP contribution >= 0.6 is 11.8 Å². The maximum absolute atomic E-state index is 12.4. The third kappa shape index (κ3) is 3.29. The number of likely N-dealkylation sites (tertiary alicyclic amines) is 1. The molecule has 0 radical (unpaired) electrons. The number of thioether (sulfide) groups is 1. The summed E-state index contributed by atoms with van der Waals surface area (Å²) in [6.07, 6.45) is 2.51. The zero-order valence-electron chi connectivity index (χ0n) is 12.9. The molecule has 3 rings (SSSR count). The third-order valence-electron chi connectivity index (χ3n) is 4.82. The molecule has 0 atom stereocenters. The van der Waals surface area contributed by atoms with E-state index in [1.165, 1.54) is 10.5 Å². The number of nitrogens with one attached hydrogen (secondary N) is 1. The first kappa shape index (κ1) is 15.4. The molecule has 0 bridgehead atoms. The van der Waals surface area contributed by atoms with Gasteiger partial charge in [-0.15, -0.1) is 11.8 Å². The Morgan fingerprint density at radius 1 is 1.32 bits per heavy atom. The van der Waals surface area contributed by atoms with Gasteiger partial charge in [0.1, 0.15) is 0 Å². The van der Waals surface area contributed by atoms with Crippen molar-refractivity contribution in [3.63, 3.8) is 0 Å². The predicted octanol–water partition coefficient (Wildman–Crippen LogP) is 2.22. The van der Waals surface area contributed by atoms with Gasteiger partial charge in [-0.05, 0) is 36.8 Å². The summed E-state index contributed by atoms with van der Waals surface area (Å²) in [6.45, 7) is 4.41. The highest BCUT2D eigenvalue weighted by Gasteiger charge is 2.41. The van der Waals surface area contributed by atoms with Crippen LogP contribution in [0.5, 0.6) is 0 Å². The van der Waals surface area contributed by atoms with E-state index in [9.17, 15) is 9.59 Å². The molecule has 1 N–H and O–H groups in total. The van der Waals surface area contributed by atoms with Crippen LogP contribution in [-0.4, -0.2) is 42.1 Å². The first-order chi connectivity index (χ1) is 10.6. The topological polar surface area (TPSA) is 49.4 Å². The SMILES string of the molecule is Cc1ccccc1SCC(=O)N1CCC2(CC1)CNC(=O)C2. The Morgan fingerprint density at radius 2 is 2.05 bits per heavy atom. The molecule has 4 nitrogen and oxygen atoms in total. The number of rotatable bonds is 3. The van der Waals surface area contributed by atoms with Crippen molar-refractivity contribution in [3.8, 4) is 0 Å². The Morgan fingerprint density at radius 3 is 2.68 bits per heavy atom. The standard InChI is InChI=1S/C17H22N2O2S/c1-13-4-2-3-5-14(13)22-11-16(21)19-8-6-17(7-9-19)10-15(20)18-12-17/h2-5H,6-12H2,1H3,(H,18,20). The molecular weight excluding hydrogens is 296 g/mol. The fourth-order valence-corrected chi connectivity index (χ4v) is 4.22. The quantitative estimate of drug-likeness (QED) is 0.870. The van der Waals surface area contributed by atoms with Crippen molar-refractivity contribution >= 4 is 23.6 Å².